The monoisotopic (exact) mass is 215 g/mol. The largest absolute Gasteiger partial charge is 0.480 e. The van der Waals surface area contributed by atoms with E-state index in [1.807, 2.05) is 0 Å². The fraction of sp³-hybridized carbons (Fsp3) is 0.625. The van der Waals surface area contributed by atoms with Gasteiger partial charge in [0.2, 0.25) is 11.8 Å². The van der Waals surface area contributed by atoms with Crippen molar-refractivity contribution in [2.75, 3.05) is 0 Å². The molecule has 7 nitrogen and oxygen atoms in total. The molecule has 0 aromatic heterocycles. The van der Waals surface area contributed by atoms with E-state index in [2.05, 4.69) is 5.32 Å². The average Bonchev–Trinajstić information content (AvgIpc) is 2.82. The number of nitrogens with one attached hydrogen (secondary N) is 1. The van der Waals surface area contributed by atoms with E-state index in [0.717, 1.165) is 0 Å². The molecule has 0 saturated heterocycles. The van der Waals surface area contributed by atoms with Crippen molar-refractivity contribution in [2.24, 2.45) is 11.5 Å². The third-order valence-electron chi connectivity index (χ3n) is 2.25. The Hall–Kier alpha value is -1.63. The maximum atomic E-state index is 11.4. The maximum absolute atomic E-state index is 11.4. The van der Waals surface area contributed by atoms with Crippen LogP contribution in [0, 0.1) is 0 Å². The molecule has 0 heterocycles. The molecule has 1 rings (SSSR count). The van der Waals surface area contributed by atoms with E-state index >= 15 is 0 Å². The van der Waals surface area contributed by atoms with E-state index in [-0.39, 0.29) is 0 Å². The standard InChI is InChI=1S/C8H13N3O4/c9-5(12)3-4(6(13)14)11-7(15)8(10)1-2-8/h4H,1-3,10H2,(H2,9,12)(H,11,15)(H,13,14)/t4-/m0/s1. The van der Waals surface area contributed by atoms with Crippen molar-refractivity contribution in [1.29, 1.82) is 0 Å². The van der Waals surface area contributed by atoms with Gasteiger partial charge in [0.25, 0.3) is 0 Å². The van der Waals surface area contributed by atoms with Gasteiger partial charge >= 0.3 is 5.97 Å². The van der Waals surface area contributed by atoms with Gasteiger partial charge < -0.3 is 21.9 Å². The van der Waals surface area contributed by atoms with Crippen molar-refractivity contribution < 1.29 is 19.5 Å². The first kappa shape index (κ1) is 11.4. The molecular formula is C8H13N3O4. The van der Waals surface area contributed by atoms with E-state index in [1.165, 1.54) is 0 Å². The number of rotatable bonds is 5. The summed E-state index contributed by atoms with van der Waals surface area (Å²) >= 11 is 0. The third-order valence-corrected chi connectivity index (χ3v) is 2.25. The van der Waals surface area contributed by atoms with Crippen LogP contribution in [-0.4, -0.2) is 34.5 Å². The lowest BCUT2D eigenvalue weighted by Crippen LogP contribution is -2.51. The molecule has 0 unspecified atom stereocenters. The van der Waals surface area contributed by atoms with Gasteiger partial charge in [0.15, 0.2) is 0 Å². The molecule has 0 spiro atoms. The van der Waals surface area contributed by atoms with Gasteiger partial charge in [0.1, 0.15) is 6.04 Å². The van der Waals surface area contributed by atoms with E-state index in [9.17, 15) is 14.4 Å². The van der Waals surface area contributed by atoms with Crippen molar-refractivity contribution in [2.45, 2.75) is 30.8 Å². The molecule has 84 valence electrons. The SMILES string of the molecule is NC(=O)C[C@H](NC(=O)C1(N)CC1)C(=O)O. The van der Waals surface area contributed by atoms with Gasteiger partial charge in [-0.3, -0.25) is 9.59 Å². The van der Waals surface area contributed by atoms with Gasteiger partial charge in [-0.25, -0.2) is 4.79 Å². The summed E-state index contributed by atoms with van der Waals surface area (Å²) in [6.45, 7) is 0. The number of carboxylic acids is 1. The molecule has 1 aliphatic carbocycles. The first-order valence-corrected chi connectivity index (χ1v) is 4.46. The zero-order chi connectivity index (χ0) is 11.6. The second-order valence-electron chi connectivity index (χ2n) is 3.69. The smallest absolute Gasteiger partial charge is 0.326 e. The Labute approximate surface area is 85.8 Å². The molecule has 15 heavy (non-hydrogen) atoms. The molecule has 1 saturated carbocycles. The minimum Gasteiger partial charge on any atom is -0.480 e. The molecule has 7 heteroatoms. The van der Waals surface area contributed by atoms with Crippen LogP contribution in [0.3, 0.4) is 0 Å². The lowest BCUT2D eigenvalue weighted by atomic mass is 10.1. The third kappa shape index (κ3) is 2.91. The molecule has 0 radical (unpaired) electrons. The minimum atomic E-state index is -1.30. The molecule has 1 fully saturated rings. The quantitative estimate of drug-likeness (QED) is 0.417. The first-order chi connectivity index (χ1) is 6.85. The fourth-order valence-corrected chi connectivity index (χ4v) is 1.06. The van der Waals surface area contributed by atoms with Crippen LogP contribution in [0.25, 0.3) is 0 Å². The van der Waals surface area contributed by atoms with Crippen molar-refractivity contribution in [3.63, 3.8) is 0 Å². The Balaban J connectivity index is 2.54. The molecule has 6 N–H and O–H groups in total. The van der Waals surface area contributed by atoms with Crippen LogP contribution in [0.2, 0.25) is 0 Å². The van der Waals surface area contributed by atoms with Crippen molar-refractivity contribution in [1.82, 2.24) is 5.32 Å². The highest BCUT2D eigenvalue weighted by molar-refractivity contribution is 5.93. The topological polar surface area (TPSA) is 136 Å². The summed E-state index contributed by atoms with van der Waals surface area (Å²) in [4.78, 5) is 32.6. The molecule has 0 bridgehead atoms. The highest BCUT2D eigenvalue weighted by atomic mass is 16.4. The van der Waals surface area contributed by atoms with Gasteiger partial charge in [-0.15, -0.1) is 0 Å². The second kappa shape index (κ2) is 3.85. The number of carbonyl (C=O) groups is 3. The van der Waals surface area contributed by atoms with Crippen molar-refractivity contribution >= 4 is 17.8 Å². The molecule has 0 aliphatic heterocycles. The number of hydrogen-bond donors (Lipinski definition) is 4. The minimum absolute atomic E-state index is 0.433. The molecule has 2 amide bonds. The summed E-state index contributed by atoms with van der Waals surface area (Å²) in [6.07, 6.45) is 0.626. The van der Waals surface area contributed by atoms with Crippen molar-refractivity contribution in [3.8, 4) is 0 Å². The number of carboxylic acid groups (broad SMARTS) is 1. The summed E-state index contributed by atoms with van der Waals surface area (Å²) in [5.41, 5.74) is 9.44. The lowest BCUT2D eigenvalue weighted by molar-refractivity contribution is -0.143. The van der Waals surface area contributed by atoms with E-state index in [1.54, 1.807) is 0 Å². The number of carbonyl (C=O) groups excluding carboxylic acids is 2. The highest BCUT2D eigenvalue weighted by Crippen LogP contribution is 2.32. The summed E-state index contributed by atoms with van der Waals surface area (Å²) in [5.74, 6) is -2.63. The molecule has 0 aromatic carbocycles. The second-order valence-corrected chi connectivity index (χ2v) is 3.69. The van der Waals surface area contributed by atoms with Gasteiger partial charge in [-0.2, -0.15) is 0 Å². The van der Waals surface area contributed by atoms with Gasteiger partial charge in [0, 0.05) is 0 Å². The predicted molar refractivity (Wildman–Crippen MR) is 49.5 cm³/mol. The number of aliphatic carboxylic acids is 1. The Bertz CT molecular complexity index is 311. The number of amides is 2. The Morgan fingerprint density at radius 1 is 1.40 bits per heavy atom. The lowest BCUT2D eigenvalue weighted by Gasteiger charge is -2.15. The zero-order valence-corrected chi connectivity index (χ0v) is 8.03. The molecule has 0 aromatic rings. The van der Waals surface area contributed by atoms with E-state index in [4.69, 9.17) is 16.6 Å². The van der Waals surface area contributed by atoms with Crippen LogP contribution in [0.5, 0.6) is 0 Å². The maximum Gasteiger partial charge on any atom is 0.326 e. The van der Waals surface area contributed by atoms with Crippen LogP contribution in [0.4, 0.5) is 0 Å². The van der Waals surface area contributed by atoms with Gasteiger partial charge in [-0.1, -0.05) is 0 Å². The van der Waals surface area contributed by atoms with E-state index in [0.29, 0.717) is 12.8 Å². The molecule has 1 atom stereocenters. The zero-order valence-electron chi connectivity index (χ0n) is 8.03. The average molecular weight is 215 g/mol. The number of nitrogens with two attached hydrogens (primary N) is 2. The van der Waals surface area contributed by atoms with Crippen LogP contribution >= 0.6 is 0 Å². The summed E-state index contributed by atoms with van der Waals surface area (Å²) in [6, 6.07) is -1.30. The Morgan fingerprint density at radius 3 is 2.27 bits per heavy atom. The molecule has 1 aliphatic rings. The Kier molecular flexibility index (Phi) is 2.94. The summed E-state index contributed by atoms with van der Waals surface area (Å²) in [5, 5.41) is 10.9. The van der Waals surface area contributed by atoms with Crippen LogP contribution in [0.15, 0.2) is 0 Å². The van der Waals surface area contributed by atoms with E-state index < -0.39 is 35.8 Å². The fourth-order valence-electron chi connectivity index (χ4n) is 1.06. The van der Waals surface area contributed by atoms with Crippen LogP contribution in [-0.2, 0) is 14.4 Å². The number of primary amides is 1. The number of hydrogen-bond acceptors (Lipinski definition) is 4. The predicted octanol–water partition coefficient (Wildman–Crippen LogP) is -2.08. The molecular weight excluding hydrogens is 202 g/mol. The van der Waals surface area contributed by atoms with Gasteiger partial charge in [0.05, 0.1) is 12.0 Å². The summed E-state index contributed by atoms with van der Waals surface area (Å²) in [7, 11) is 0. The summed E-state index contributed by atoms with van der Waals surface area (Å²) < 4.78 is 0. The highest BCUT2D eigenvalue weighted by Gasteiger charge is 2.47. The Morgan fingerprint density at radius 2 is 1.93 bits per heavy atom. The normalized spacial score (nSPS) is 19.0. The van der Waals surface area contributed by atoms with Crippen molar-refractivity contribution in [3.05, 3.63) is 0 Å². The van der Waals surface area contributed by atoms with Crippen LogP contribution in [0.1, 0.15) is 19.3 Å². The van der Waals surface area contributed by atoms with Gasteiger partial charge in [-0.05, 0) is 12.8 Å². The van der Waals surface area contributed by atoms with Crippen LogP contribution < -0.4 is 16.8 Å². The first-order valence-electron chi connectivity index (χ1n) is 4.46.